The summed E-state index contributed by atoms with van der Waals surface area (Å²) in [6.07, 6.45) is 1.86. The van der Waals surface area contributed by atoms with Crippen LogP contribution in [0.15, 0.2) is 29.6 Å². The van der Waals surface area contributed by atoms with Gasteiger partial charge in [-0.3, -0.25) is 9.89 Å². The normalized spacial score (nSPS) is 10.8. The fourth-order valence-electron chi connectivity index (χ4n) is 2.04. The topological polar surface area (TPSA) is 92.9 Å². The number of nitrogens with one attached hydrogen (secondary N) is 2. The zero-order chi connectivity index (χ0) is 15.5. The molecule has 0 atom stereocenters. The number of ether oxygens (including phenoxy) is 2. The van der Waals surface area contributed by atoms with Crippen molar-refractivity contribution in [3.63, 3.8) is 0 Å². The first-order chi connectivity index (χ1) is 10.7. The molecule has 114 valence electrons. The molecule has 3 aromatic rings. The number of carbonyl (C=O) groups is 1. The highest BCUT2D eigenvalue weighted by Gasteiger charge is 2.12. The van der Waals surface area contributed by atoms with Crippen molar-refractivity contribution < 1.29 is 14.3 Å². The van der Waals surface area contributed by atoms with Crippen LogP contribution < -0.4 is 4.74 Å². The monoisotopic (exact) mass is 318 g/mol. The number of fused-ring (bicyclic) bond motifs is 1. The van der Waals surface area contributed by atoms with Crippen molar-refractivity contribution in [3.8, 4) is 17.1 Å². The van der Waals surface area contributed by atoms with Crippen molar-refractivity contribution in [2.45, 2.75) is 5.16 Å². The Morgan fingerprint density at radius 1 is 1.36 bits per heavy atom. The molecule has 0 aliphatic heterocycles. The number of methoxy groups -OCH3 is 2. The number of benzene rings is 1. The number of H-pyrrole nitrogens is 2. The second-order valence-electron chi connectivity index (χ2n) is 4.45. The Bertz CT molecular complexity index is 811. The van der Waals surface area contributed by atoms with Gasteiger partial charge in [-0.15, -0.1) is 5.10 Å². The quantitative estimate of drug-likeness (QED) is 0.553. The molecule has 0 fully saturated rings. The molecule has 0 aliphatic rings. The highest BCUT2D eigenvalue weighted by Crippen LogP contribution is 2.29. The van der Waals surface area contributed by atoms with Crippen LogP contribution in [0.3, 0.4) is 0 Å². The van der Waals surface area contributed by atoms with E-state index >= 15 is 0 Å². The Kier molecular flexibility index (Phi) is 4.01. The number of aromatic nitrogens is 4. The van der Waals surface area contributed by atoms with Crippen LogP contribution >= 0.6 is 11.8 Å². The number of esters is 1. The number of rotatable bonds is 5. The Labute approximate surface area is 130 Å². The smallest absolute Gasteiger partial charge is 0.316 e. The molecule has 8 heteroatoms. The Morgan fingerprint density at radius 2 is 2.23 bits per heavy atom. The van der Waals surface area contributed by atoms with Gasteiger partial charge in [0.2, 0.25) is 5.16 Å². The zero-order valence-corrected chi connectivity index (χ0v) is 12.9. The summed E-state index contributed by atoms with van der Waals surface area (Å²) < 4.78 is 9.79. The van der Waals surface area contributed by atoms with Crippen molar-refractivity contribution in [1.29, 1.82) is 0 Å². The molecule has 0 radical (unpaired) electrons. The van der Waals surface area contributed by atoms with Crippen LogP contribution in [-0.2, 0) is 9.53 Å². The average molecular weight is 318 g/mol. The summed E-state index contributed by atoms with van der Waals surface area (Å²) in [6, 6.07) is 5.77. The number of nitrogens with zero attached hydrogens (tertiary/aromatic N) is 2. The summed E-state index contributed by atoms with van der Waals surface area (Å²) in [5, 5.41) is 8.50. The van der Waals surface area contributed by atoms with Gasteiger partial charge in [0.15, 0.2) is 5.82 Å². The number of aromatic amines is 2. The molecule has 2 N–H and O–H groups in total. The van der Waals surface area contributed by atoms with Crippen molar-refractivity contribution in [3.05, 3.63) is 24.4 Å². The SMILES string of the molecule is COC(=O)CSc1n[nH]c(-c2c[nH]c3cc(OC)ccc23)n1. The van der Waals surface area contributed by atoms with Gasteiger partial charge >= 0.3 is 5.97 Å². The maximum Gasteiger partial charge on any atom is 0.316 e. The van der Waals surface area contributed by atoms with Crippen LogP contribution in [0.1, 0.15) is 0 Å². The molecule has 3 rings (SSSR count). The van der Waals surface area contributed by atoms with Gasteiger partial charge in [-0.1, -0.05) is 11.8 Å². The molecule has 2 aromatic heterocycles. The van der Waals surface area contributed by atoms with E-state index in [9.17, 15) is 4.79 Å². The van der Waals surface area contributed by atoms with E-state index in [0.29, 0.717) is 11.0 Å². The van der Waals surface area contributed by atoms with Crippen LogP contribution in [0.5, 0.6) is 5.75 Å². The first kappa shape index (κ1) is 14.5. The third kappa shape index (κ3) is 2.77. The number of hydrogen-bond donors (Lipinski definition) is 2. The summed E-state index contributed by atoms with van der Waals surface area (Å²) in [4.78, 5) is 18.7. The van der Waals surface area contributed by atoms with E-state index in [-0.39, 0.29) is 11.7 Å². The van der Waals surface area contributed by atoms with E-state index in [1.54, 1.807) is 7.11 Å². The van der Waals surface area contributed by atoms with Gasteiger partial charge in [-0.2, -0.15) is 0 Å². The predicted molar refractivity (Wildman–Crippen MR) is 83.0 cm³/mol. The molecule has 22 heavy (non-hydrogen) atoms. The van der Waals surface area contributed by atoms with Crippen molar-refractivity contribution in [1.82, 2.24) is 20.2 Å². The summed E-state index contributed by atoms with van der Waals surface area (Å²) in [6.45, 7) is 0. The zero-order valence-electron chi connectivity index (χ0n) is 12.0. The minimum atomic E-state index is -0.310. The molecular weight excluding hydrogens is 304 g/mol. The van der Waals surface area contributed by atoms with Crippen LogP contribution in [0.25, 0.3) is 22.3 Å². The molecule has 0 saturated carbocycles. The van der Waals surface area contributed by atoms with E-state index < -0.39 is 0 Å². The number of thioether (sulfide) groups is 1. The number of hydrogen-bond acceptors (Lipinski definition) is 6. The van der Waals surface area contributed by atoms with Gasteiger partial charge in [0.05, 0.1) is 20.0 Å². The maximum absolute atomic E-state index is 11.1. The van der Waals surface area contributed by atoms with Crippen molar-refractivity contribution >= 4 is 28.6 Å². The molecule has 7 nitrogen and oxygen atoms in total. The first-order valence-corrected chi connectivity index (χ1v) is 7.47. The van der Waals surface area contributed by atoms with E-state index in [0.717, 1.165) is 22.2 Å². The molecule has 0 aliphatic carbocycles. The lowest BCUT2D eigenvalue weighted by Gasteiger charge is -1.99. The maximum atomic E-state index is 11.1. The van der Waals surface area contributed by atoms with E-state index in [4.69, 9.17) is 4.74 Å². The Hall–Kier alpha value is -2.48. The lowest BCUT2D eigenvalue weighted by Crippen LogP contribution is -2.03. The summed E-state index contributed by atoms with van der Waals surface area (Å²) in [5.74, 6) is 1.30. The Balaban J connectivity index is 1.85. The molecule has 0 saturated heterocycles. The third-order valence-electron chi connectivity index (χ3n) is 3.16. The summed E-state index contributed by atoms with van der Waals surface area (Å²) >= 11 is 1.22. The third-order valence-corrected chi connectivity index (χ3v) is 3.98. The molecule has 1 aromatic carbocycles. The lowest BCUT2D eigenvalue weighted by atomic mass is 10.1. The van der Waals surface area contributed by atoms with Gasteiger partial charge < -0.3 is 14.5 Å². The lowest BCUT2D eigenvalue weighted by molar-refractivity contribution is -0.137. The minimum Gasteiger partial charge on any atom is -0.497 e. The molecule has 2 heterocycles. The standard InChI is InChI=1S/C14H14N4O3S/c1-20-8-3-4-9-10(6-15-11(9)5-8)13-16-14(18-17-13)22-7-12(19)21-2/h3-6,15H,7H2,1-2H3,(H,16,17,18). The molecule has 0 amide bonds. The fourth-order valence-corrected chi connectivity index (χ4v) is 2.67. The van der Waals surface area contributed by atoms with E-state index in [1.165, 1.54) is 18.9 Å². The molecule has 0 unspecified atom stereocenters. The van der Waals surface area contributed by atoms with Gasteiger partial charge in [0.25, 0.3) is 0 Å². The van der Waals surface area contributed by atoms with Crippen molar-refractivity contribution in [2.24, 2.45) is 0 Å². The van der Waals surface area contributed by atoms with Gasteiger partial charge in [-0.25, -0.2) is 4.98 Å². The Morgan fingerprint density at radius 3 is 3.00 bits per heavy atom. The van der Waals surface area contributed by atoms with E-state index in [1.807, 2.05) is 24.4 Å². The predicted octanol–water partition coefficient (Wildman–Crippen LogP) is 2.23. The highest BCUT2D eigenvalue weighted by atomic mass is 32.2. The first-order valence-electron chi connectivity index (χ1n) is 6.49. The van der Waals surface area contributed by atoms with Crippen molar-refractivity contribution in [2.75, 3.05) is 20.0 Å². The van der Waals surface area contributed by atoms with Crippen LogP contribution in [0.4, 0.5) is 0 Å². The minimum absolute atomic E-state index is 0.179. The highest BCUT2D eigenvalue weighted by molar-refractivity contribution is 7.99. The summed E-state index contributed by atoms with van der Waals surface area (Å²) in [7, 11) is 2.98. The van der Waals surface area contributed by atoms with Crippen LogP contribution in [0, 0.1) is 0 Å². The van der Waals surface area contributed by atoms with Gasteiger partial charge in [-0.05, 0) is 12.1 Å². The second-order valence-corrected chi connectivity index (χ2v) is 5.39. The van der Waals surface area contributed by atoms with Crippen LogP contribution in [0.2, 0.25) is 0 Å². The fraction of sp³-hybridized carbons (Fsp3) is 0.214. The van der Waals surface area contributed by atoms with E-state index in [2.05, 4.69) is 24.9 Å². The van der Waals surface area contributed by atoms with Gasteiger partial charge in [0.1, 0.15) is 5.75 Å². The largest absolute Gasteiger partial charge is 0.497 e. The average Bonchev–Trinajstić information content (AvgIpc) is 3.18. The molecular formula is C14H14N4O3S. The molecule has 0 bridgehead atoms. The number of carbonyl (C=O) groups excluding carboxylic acids is 1. The van der Waals surface area contributed by atoms with Crippen LogP contribution in [-0.4, -0.2) is 46.1 Å². The summed E-state index contributed by atoms with van der Waals surface area (Å²) in [5.41, 5.74) is 1.87. The second kappa shape index (κ2) is 6.10. The molecule has 0 spiro atoms. The van der Waals surface area contributed by atoms with Gasteiger partial charge in [0, 0.05) is 28.7 Å².